The van der Waals surface area contributed by atoms with Crippen molar-refractivity contribution in [3.63, 3.8) is 0 Å². The summed E-state index contributed by atoms with van der Waals surface area (Å²) in [5.41, 5.74) is 0. The number of aldehydes is 1. The first-order valence-electron chi connectivity index (χ1n) is 5.44. The van der Waals surface area contributed by atoms with Crippen molar-refractivity contribution >= 4 is 6.29 Å². The first-order chi connectivity index (χ1) is 6.24. The molecule has 0 bridgehead atoms. The summed E-state index contributed by atoms with van der Waals surface area (Å²) in [6.07, 6.45) is 6.98. The van der Waals surface area contributed by atoms with Crippen molar-refractivity contribution in [2.24, 2.45) is 0 Å². The fourth-order valence-corrected chi connectivity index (χ4v) is 1.60. The molecule has 1 aliphatic rings. The molecule has 0 saturated carbocycles. The Balaban J connectivity index is 0.000000310. The summed E-state index contributed by atoms with van der Waals surface area (Å²) in [4.78, 5) is 9.17. The zero-order chi connectivity index (χ0) is 10.1. The topological polar surface area (TPSA) is 29.1 Å². The van der Waals surface area contributed by atoms with Crippen molar-refractivity contribution < 1.29 is 4.79 Å². The van der Waals surface area contributed by atoms with Crippen LogP contribution in [0.3, 0.4) is 0 Å². The molecule has 0 aromatic heterocycles. The average molecular weight is 185 g/mol. The van der Waals surface area contributed by atoms with Gasteiger partial charge in [-0.1, -0.05) is 20.3 Å². The zero-order valence-electron chi connectivity index (χ0n) is 9.18. The van der Waals surface area contributed by atoms with Crippen LogP contribution in [0.15, 0.2) is 0 Å². The molecule has 0 radical (unpaired) electrons. The van der Waals surface area contributed by atoms with Gasteiger partial charge in [0.1, 0.15) is 6.29 Å². The molecule has 1 aliphatic heterocycles. The number of carbonyl (C=O) groups is 1. The highest BCUT2D eigenvalue weighted by atomic mass is 16.1. The minimum absolute atomic E-state index is 0.639. The van der Waals surface area contributed by atoms with E-state index in [2.05, 4.69) is 19.2 Å². The monoisotopic (exact) mass is 185 g/mol. The standard InChI is InChI=1S/C8H17N.C3H6O/c1-3-4-8-6-5-7(2)9-8;1-2-3-4/h7-9H,3-6H2,1-2H3;3H,2H2,1H3/t7-,8+;/m1./s1. The molecule has 0 aromatic rings. The van der Waals surface area contributed by atoms with Gasteiger partial charge < -0.3 is 10.1 Å². The normalized spacial score (nSPS) is 26.4. The predicted molar refractivity (Wildman–Crippen MR) is 56.9 cm³/mol. The third kappa shape index (κ3) is 6.76. The van der Waals surface area contributed by atoms with E-state index in [0.29, 0.717) is 6.42 Å². The van der Waals surface area contributed by atoms with Crippen LogP contribution in [0.25, 0.3) is 0 Å². The van der Waals surface area contributed by atoms with E-state index in [4.69, 9.17) is 0 Å². The van der Waals surface area contributed by atoms with Gasteiger partial charge in [-0.15, -0.1) is 0 Å². The maximum Gasteiger partial charge on any atom is 0.119 e. The van der Waals surface area contributed by atoms with Gasteiger partial charge in [0.2, 0.25) is 0 Å². The lowest BCUT2D eigenvalue weighted by molar-refractivity contribution is -0.107. The van der Waals surface area contributed by atoms with Crippen LogP contribution in [0, 0.1) is 0 Å². The van der Waals surface area contributed by atoms with Crippen LogP contribution >= 0.6 is 0 Å². The van der Waals surface area contributed by atoms with Crippen molar-refractivity contribution in [1.82, 2.24) is 5.32 Å². The average Bonchev–Trinajstić information content (AvgIpc) is 2.53. The second-order valence-corrected chi connectivity index (χ2v) is 3.71. The summed E-state index contributed by atoms with van der Waals surface area (Å²) in [6.45, 7) is 6.34. The van der Waals surface area contributed by atoms with E-state index in [1.165, 1.54) is 25.7 Å². The van der Waals surface area contributed by atoms with Crippen LogP contribution in [-0.4, -0.2) is 18.4 Å². The number of rotatable bonds is 3. The highest BCUT2D eigenvalue weighted by molar-refractivity contribution is 5.48. The third-order valence-corrected chi connectivity index (χ3v) is 2.27. The fourth-order valence-electron chi connectivity index (χ4n) is 1.60. The summed E-state index contributed by atoms with van der Waals surface area (Å²) >= 11 is 0. The predicted octanol–water partition coefficient (Wildman–Crippen LogP) is 2.52. The Kier molecular flexibility index (Phi) is 8.00. The van der Waals surface area contributed by atoms with Crippen LogP contribution in [0.2, 0.25) is 0 Å². The van der Waals surface area contributed by atoms with Crippen molar-refractivity contribution in [1.29, 1.82) is 0 Å². The molecule has 1 heterocycles. The molecule has 1 rings (SSSR count). The molecule has 2 atom stereocenters. The Hall–Kier alpha value is -0.370. The van der Waals surface area contributed by atoms with Gasteiger partial charge in [0, 0.05) is 18.5 Å². The third-order valence-electron chi connectivity index (χ3n) is 2.27. The fraction of sp³-hybridized carbons (Fsp3) is 0.909. The van der Waals surface area contributed by atoms with E-state index in [9.17, 15) is 4.79 Å². The molecule has 0 aliphatic carbocycles. The Labute approximate surface area is 82.1 Å². The summed E-state index contributed by atoms with van der Waals surface area (Å²) in [5, 5.41) is 3.55. The van der Waals surface area contributed by atoms with E-state index in [0.717, 1.165) is 18.4 Å². The first kappa shape index (κ1) is 12.6. The van der Waals surface area contributed by atoms with E-state index in [1.807, 2.05) is 6.92 Å². The van der Waals surface area contributed by atoms with Crippen LogP contribution in [0.5, 0.6) is 0 Å². The number of nitrogens with one attached hydrogen (secondary N) is 1. The lowest BCUT2D eigenvalue weighted by atomic mass is 10.1. The van der Waals surface area contributed by atoms with E-state index in [-0.39, 0.29) is 0 Å². The molecule has 0 amide bonds. The lowest BCUT2D eigenvalue weighted by Gasteiger charge is -2.08. The van der Waals surface area contributed by atoms with Crippen LogP contribution in [-0.2, 0) is 4.79 Å². The Morgan fingerprint density at radius 3 is 2.31 bits per heavy atom. The Morgan fingerprint density at radius 1 is 1.38 bits per heavy atom. The highest BCUT2D eigenvalue weighted by Crippen LogP contribution is 2.14. The van der Waals surface area contributed by atoms with Gasteiger partial charge in [0.15, 0.2) is 0 Å². The minimum atomic E-state index is 0.639. The molecule has 13 heavy (non-hydrogen) atoms. The van der Waals surface area contributed by atoms with Gasteiger partial charge >= 0.3 is 0 Å². The molecule has 2 heteroatoms. The summed E-state index contributed by atoms with van der Waals surface area (Å²) in [7, 11) is 0. The van der Waals surface area contributed by atoms with Crippen LogP contribution in [0.4, 0.5) is 0 Å². The van der Waals surface area contributed by atoms with Gasteiger partial charge in [-0.25, -0.2) is 0 Å². The van der Waals surface area contributed by atoms with Gasteiger partial charge in [0.25, 0.3) is 0 Å². The molecule has 1 fully saturated rings. The molecular formula is C11H23NO. The molecular weight excluding hydrogens is 162 g/mol. The second-order valence-electron chi connectivity index (χ2n) is 3.71. The van der Waals surface area contributed by atoms with Gasteiger partial charge in [-0.3, -0.25) is 0 Å². The van der Waals surface area contributed by atoms with Crippen LogP contribution < -0.4 is 5.32 Å². The number of hydrogen-bond donors (Lipinski definition) is 1. The molecule has 78 valence electrons. The minimum Gasteiger partial charge on any atom is -0.312 e. The quantitative estimate of drug-likeness (QED) is 0.685. The lowest BCUT2D eigenvalue weighted by Crippen LogP contribution is -2.26. The SMILES string of the molecule is CCC=O.CCC[C@H]1CC[C@@H](C)N1. The van der Waals surface area contributed by atoms with Crippen molar-refractivity contribution in [3.8, 4) is 0 Å². The summed E-state index contributed by atoms with van der Waals surface area (Å²) in [6, 6.07) is 1.62. The highest BCUT2D eigenvalue weighted by Gasteiger charge is 2.18. The molecule has 1 N–H and O–H groups in total. The zero-order valence-corrected chi connectivity index (χ0v) is 9.18. The molecule has 0 aromatic carbocycles. The Bertz CT molecular complexity index is 123. The maximum atomic E-state index is 9.17. The molecule has 0 spiro atoms. The smallest absolute Gasteiger partial charge is 0.119 e. The van der Waals surface area contributed by atoms with Crippen molar-refractivity contribution in [2.45, 2.75) is 65.0 Å². The first-order valence-corrected chi connectivity index (χ1v) is 5.44. The van der Waals surface area contributed by atoms with Gasteiger partial charge in [-0.05, 0) is 26.2 Å². The van der Waals surface area contributed by atoms with E-state index < -0.39 is 0 Å². The van der Waals surface area contributed by atoms with E-state index in [1.54, 1.807) is 0 Å². The maximum absolute atomic E-state index is 9.17. The molecule has 2 nitrogen and oxygen atoms in total. The second kappa shape index (κ2) is 8.24. The summed E-state index contributed by atoms with van der Waals surface area (Å²) in [5.74, 6) is 0. The Morgan fingerprint density at radius 2 is 2.00 bits per heavy atom. The number of carbonyl (C=O) groups excluding carboxylic acids is 1. The molecule has 0 unspecified atom stereocenters. The van der Waals surface area contributed by atoms with Gasteiger partial charge in [0.05, 0.1) is 0 Å². The molecule has 1 saturated heterocycles. The largest absolute Gasteiger partial charge is 0.312 e. The number of hydrogen-bond acceptors (Lipinski definition) is 2. The van der Waals surface area contributed by atoms with Crippen molar-refractivity contribution in [3.05, 3.63) is 0 Å². The van der Waals surface area contributed by atoms with Gasteiger partial charge in [-0.2, -0.15) is 0 Å². The van der Waals surface area contributed by atoms with Crippen molar-refractivity contribution in [2.75, 3.05) is 0 Å². The van der Waals surface area contributed by atoms with E-state index >= 15 is 0 Å². The summed E-state index contributed by atoms with van der Waals surface area (Å²) < 4.78 is 0. The van der Waals surface area contributed by atoms with Crippen LogP contribution in [0.1, 0.15) is 52.9 Å².